The van der Waals surface area contributed by atoms with Gasteiger partial charge < -0.3 is 5.32 Å². The molecule has 116 valence electrons. The van der Waals surface area contributed by atoms with Crippen LogP contribution >= 0.6 is 11.8 Å². The number of carbonyl (C=O) groups excluding carboxylic acids is 1. The van der Waals surface area contributed by atoms with E-state index in [0.29, 0.717) is 18.1 Å². The van der Waals surface area contributed by atoms with Crippen molar-refractivity contribution in [3.8, 4) is 0 Å². The first kappa shape index (κ1) is 17.7. The minimum absolute atomic E-state index is 0.0584. The Balaban J connectivity index is 2.62. The summed E-state index contributed by atoms with van der Waals surface area (Å²) in [5.74, 6) is 0.855. The van der Waals surface area contributed by atoms with E-state index in [1.165, 1.54) is 30.2 Å². The minimum Gasteiger partial charge on any atom is -0.352 e. The van der Waals surface area contributed by atoms with Crippen molar-refractivity contribution in [1.82, 2.24) is 9.62 Å². The molecule has 21 heavy (non-hydrogen) atoms. The third-order valence-electron chi connectivity index (χ3n) is 2.62. The van der Waals surface area contributed by atoms with Crippen LogP contribution in [-0.2, 0) is 20.6 Å². The molecule has 1 aromatic rings. The van der Waals surface area contributed by atoms with Crippen LogP contribution in [0.5, 0.6) is 0 Å². The molecule has 0 aliphatic heterocycles. The van der Waals surface area contributed by atoms with Crippen LogP contribution in [0.15, 0.2) is 41.8 Å². The molecular weight excluding hydrogens is 308 g/mol. The highest BCUT2D eigenvalue weighted by Gasteiger charge is 2.17. The van der Waals surface area contributed by atoms with Gasteiger partial charge in [0.1, 0.15) is 0 Å². The van der Waals surface area contributed by atoms with Gasteiger partial charge >= 0.3 is 0 Å². The van der Waals surface area contributed by atoms with Crippen LogP contribution in [0.1, 0.15) is 5.56 Å². The van der Waals surface area contributed by atoms with E-state index in [1.807, 2.05) is 6.07 Å². The molecule has 0 saturated carbocycles. The number of sulfonamides is 1. The molecule has 0 unspecified atom stereocenters. The van der Waals surface area contributed by atoms with Gasteiger partial charge in [0.05, 0.1) is 10.6 Å². The SMILES string of the molecule is C=CCNC(=O)CSCc1cccc(S(=O)(=O)N(C)C)c1. The van der Waals surface area contributed by atoms with Gasteiger partial charge in [-0.05, 0) is 17.7 Å². The predicted molar refractivity (Wildman–Crippen MR) is 86.7 cm³/mol. The Morgan fingerprint density at radius 1 is 1.43 bits per heavy atom. The Morgan fingerprint density at radius 2 is 2.14 bits per heavy atom. The molecule has 0 radical (unpaired) electrons. The monoisotopic (exact) mass is 328 g/mol. The van der Waals surface area contributed by atoms with E-state index < -0.39 is 10.0 Å². The second kappa shape index (κ2) is 8.21. The number of rotatable bonds is 8. The predicted octanol–water partition coefficient (Wildman–Crippen LogP) is 1.47. The molecule has 0 aliphatic carbocycles. The lowest BCUT2D eigenvalue weighted by Gasteiger charge is -2.12. The number of amides is 1. The van der Waals surface area contributed by atoms with E-state index in [9.17, 15) is 13.2 Å². The van der Waals surface area contributed by atoms with E-state index in [0.717, 1.165) is 5.56 Å². The van der Waals surface area contributed by atoms with Crippen molar-refractivity contribution in [1.29, 1.82) is 0 Å². The lowest BCUT2D eigenvalue weighted by atomic mass is 10.2. The van der Waals surface area contributed by atoms with Gasteiger partial charge in [-0.2, -0.15) is 0 Å². The molecule has 0 fully saturated rings. The van der Waals surface area contributed by atoms with Gasteiger partial charge in [-0.25, -0.2) is 12.7 Å². The lowest BCUT2D eigenvalue weighted by Crippen LogP contribution is -2.25. The molecular formula is C14H20N2O3S2. The number of hydrogen-bond acceptors (Lipinski definition) is 4. The molecule has 1 N–H and O–H groups in total. The van der Waals surface area contributed by atoms with Crippen LogP contribution in [0.2, 0.25) is 0 Å². The fraction of sp³-hybridized carbons (Fsp3) is 0.357. The minimum atomic E-state index is -3.42. The Hall–Kier alpha value is -1.31. The average molecular weight is 328 g/mol. The van der Waals surface area contributed by atoms with Gasteiger partial charge in [0, 0.05) is 26.4 Å². The Morgan fingerprint density at radius 3 is 2.76 bits per heavy atom. The van der Waals surface area contributed by atoms with Crippen molar-refractivity contribution in [2.45, 2.75) is 10.6 Å². The summed E-state index contributed by atoms with van der Waals surface area (Å²) in [6.07, 6.45) is 1.62. The molecule has 1 aromatic carbocycles. The zero-order chi connectivity index (χ0) is 15.9. The highest BCUT2D eigenvalue weighted by Crippen LogP contribution is 2.18. The van der Waals surface area contributed by atoms with Gasteiger partial charge in [-0.3, -0.25) is 4.79 Å². The van der Waals surface area contributed by atoms with Crippen molar-refractivity contribution in [2.75, 3.05) is 26.4 Å². The summed E-state index contributed by atoms with van der Waals surface area (Å²) in [6, 6.07) is 6.78. The van der Waals surface area contributed by atoms with Crippen LogP contribution < -0.4 is 5.32 Å². The van der Waals surface area contributed by atoms with Crippen molar-refractivity contribution in [3.63, 3.8) is 0 Å². The maximum atomic E-state index is 12.0. The largest absolute Gasteiger partial charge is 0.352 e. The molecule has 1 amide bonds. The fourth-order valence-corrected chi connectivity index (χ4v) is 3.28. The number of benzene rings is 1. The van der Waals surface area contributed by atoms with E-state index >= 15 is 0 Å². The summed E-state index contributed by atoms with van der Waals surface area (Å²) < 4.78 is 25.2. The Kier molecular flexibility index (Phi) is 6.94. The fourth-order valence-electron chi connectivity index (χ4n) is 1.51. The number of nitrogens with zero attached hydrogens (tertiary/aromatic N) is 1. The number of carbonyl (C=O) groups is 1. The Labute approximate surface area is 130 Å². The maximum Gasteiger partial charge on any atom is 0.242 e. The molecule has 0 aromatic heterocycles. The van der Waals surface area contributed by atoms with Crippen molar-refractivity contribution in [2.24, 2.45) is 0 Å². The standard InChI is InChI=1S/C14H20N2O3S2/c1-4-8-15-14(17)11-20-10-12-6-5-7-13(9-12)21(18,19)16(2)3/h4-7,9H,1,8,10-11H2,2-3H3,(H,15,17). The smallest absolute Gasteiger partial charge is 0.242 e. The van der Waals surface area contributed by atoms with Crippen LogP contribution in [0.3, 0.4) is 0 Å². The van der Waals surface area contributed by atoms with Gasteiger partial charge in [0.2, 0.25) is 15.9 Å². The highest BCUT2D eigenvalue weighted by molar-refractivity contribution is 7.99. The van der Waals surface area contributed by atoms with Crippen LogP contribution in [0, 0.1) is 0 Å². The zero-order valence-electron chi connectivity index (χ0n) is 12.2. The quantitative estimate of drug-likeness (QED) is 0.734. The molecule has 1 rings (SSSR count). The van der Waals surface area contributed by atoms with Gasteiger partial charge in [-0.1, -0.05) is 18.2 Å². The first-order chi connectivity index (χ1) is 9.87. The summed E-state index contributed by atoms with van der Waals surface area (Å²) in [5.41, 5.74) is 0.874. The van der Waals surface area contributed by atoms with E-state index in [2.05, 4.69) is 11.9 Å². The molecule has 0 saturated heterocycles. The molecule has 5 nitrogen and oxygen atoms in total. The molecule has 0 bridgehead atoms. The van der Waals surface area contributed by atoms with Gasteiger partial charge in [0.25, 0.3) is 0 Å². The summed E-state index contributed by atoms with van der Waals surface area (Å²) >= 11 is 1.44. The third kappa shape index (κ3) is 5.53. The number of nitrogens with one attached hydrogen (secondary N) is 1. The average Bonchev–Trinajstić information content (AvgIpc) is 2.45. The maximum absolute atomic E-state index is 12.0. The summed E-state index contributed by atoms with van der Waals surface area (Å²) in [6.45, 7) is 3.98. The second-order valence-corrected chi connectivity index (χ2v) is 7.66. The number of thioether (sulfide) groups is 1. The van der Waals surface area contributed by atoms with Crippen molar-refractivity contribution < 1.29 is 13.2 Å². The van der Waals surface area contributed by atoms with Crippen LogP contribution in [0.25, 0.3) is 0 Å². The van der Waals surface area contributed by atoms with Gasteiger partial charge in [-0.15, -0.1) is 18.3 Å². The highest BCUT2D eigenvalue weighted by atomic mass is 32.2. The number of hydrogen-bond donors (Lipinski definition) is 1. The van der Waals surface area contributed by atoms with Crippen LogP contribution in [0.4, 0.5) is 0 Å². The molecule has 0 heterocycles. The molecule has 0 atom stereocenters. The normalized spacial score (nSPS) is 11.4. The third-order valence-corrected chi connectivity index (χ3v) is 5.44. The summed E-state index contributed by atoms with van der Waals surface area (Å²) in [4.78, 5) is 11.7. The second-order valence-electron chi connectivity index (χ2n) is 4.52. The molecule has 7 heteroatoms. The van der Waals surface area contributed by atoms with Crippen molar-refractivity contribution >= 4 is 27.7 Å². The van der Waals surface area contributed by atoms with E-state index in [-0.39, 0.29) is 10.8 Å². The van der Waals surface area contributed by atoms with Gasteiger partial charge in [0.15, 0.2) is 0 Å². The summed E-state index contributed by atoms with van der Waals surface area (Å²) in [7, 11) is -0.418. The zero-order valence-corrected chi connectivity index (χ0v) is 13.8. The first-order valence-corrected chi connectivity index (χ1v) is 8.94. The summed E-state index contributed by atoms with van der Waals surface area (Å²) in [5, 5.41) is 2.69. The lowest BCUT2D eigenvalue weighted by molar-refractivity contribution is -0.118. The van der Waals surface area contributed by atoms with E-state index in [4.69, 9.17) is 0 Å². The Bertz CT molecular complexity index is 598. The molecule has 0 aliphatic rings. The van der Waals surface area contributed by atoms with Crippen molar-refractivity contribution in [3.05, 3.63) is 42.5 Å². The first-order valence-electron chi connectivity index (χ1n) is 6.34. The molecule has 0 spiro atoms. The van der Waals surface area contributed by atoms with Crippen LogP contribution in [-0.4, -0.2) is 45.0 Å². The topological polar surface area (TPSA) is 66.5 Å². The van der Waals surface area contributed by atoms with E-state index in [1.54, 1.807) is 24.3 Å².